The largest absolute Gasteiger partial charge is 0.497 e. The number of nitrogens with zero attached hydrogens (tertiary/aromatic N) is 1. The van der Waals surface area contributed by atoms with Gasteiger partial charge in [0.05, 0.1) is 7.11 Å². The minimum atomic E-state index is -1.07. The van der Waals surface area contributed by atoms with E-state index in [-0.39, 0.29) is 23.5 Å². The Hall–Kier alpha value is -3.81. The number of hydrogen-bond acceptors (Lipinski definition) is 4. The standard InChI is InChI=1S/C21H17F2N3O3/c1-29-16-5-2-13(3-6-16)12-25-21(28)19-10-14(8-9-24-19)20(27)26-15-4-7-17(22)18(23)11-15/h2-11H,12H2,1H3,(H,25,28)(H,26,27). The average molecular weight is 397 g/mol. The highest BCUT2D eigenvalue weighted by molar-refractivity contribution is 6.05. The summed E-state index contributed by atoms with van der Waals surface area (Å²) in [6.07, 6.45) is 1.32. The van der Waals surface area contributed by atoms with Crippen LogP contribution in [0.15, 0.2) is 60.8 Å². The van der Waals surface area contributed by atoms with Crippen molar-refractivity contribution in [3.05, 3.63) is 89.2 Å². The predicted octanol–water partition coefficient (Wildman–Crippen LogP) is 3.55. The van der Waals surface area contributed by atoms with E-state index < -0.39 is 23.4 Å². The summed E-state index contributed by atoms with van der Waals surface area (Å²) in [6.45, 7) is 0.274. The number of carbonyl (C=O) groups is 2. The number of nitrogens with one attached hydrogen (secondary N) is 2. The number of amides is 2. The third kappa shape index (κ3) is 5.13. The van der Waals surface area contributed by atoms with Crippen LogP contribution in [0.4, 0.5) is 14.5 Å². The van der Waals surface area contributed by atoms with Gasteiger partial charge in [-0.3, -0.25) is 14.6 Å². The van der Waals surface area contributed by atoms with Crippen molar-refractivity contribution in [1.82, 2.24) is 10.3 Å². The topological polar surface area (TPSA) is 80.3 Å². The van der Waals surface area contributed by atoms with Crippen molar-refractivity contribution in [2.24, 2.45) is 0 Å². The maximum absolute atomic E-state index is 13.3. The lowest BCUT2D eigenvalue weighted by Crippen LogP contribution is -2.24. The Morgan fingerprint density at radius 3 is 2.41 bits per heavy atom. The quantitative estimate of drug-likeness (QED) is 0.667. The number of rotatable bonds is 6. The minimum absolute atomic E-state index is 0.0523. The molecular weight excluding hydrogens is 380 g/mol. The monoisotopic (exact) mass is 397 g/mol. The summed E-state index contributed by atoms with van der Waals surface area (Å²) in [7, 11) is 1.57. The number of halogens is 2. The summed E-state index contributed by atoms with van der Waals surface area (Å²) < 4.78 is 31.3. The molecule has 0 radical (unpaired) electrons. The van der Waals surface area contributed by atoms with E-state index in [9.17, 15) is 18.4 Å². The number of hydrogen-bond donors (Lipinski definition) is 2. The summed E-state index contributed by atoms with van der Waals surface area (Å²) >= 11 is 0. The normalized spacial score (nSPS) is 10.3. The fourth-order valence-electron chi connectivity index (χ4n) is 2.49. The van der Waals surface area contributed by atoms with Gasteiger partial charge >= 0.3 is 0 Å². The number of methoxy groups -OCH3 is 1. The number of carbonyl (C=O) groups excluding carboxylic acids is 2. The van der Waals surface area contributed by atoms with Gasteiger partial charge in [0.2, 0.25) is 0 Å². The number of pyridine rings is 1. The van der Waals surface area contributed by atoms with E-state index >= 15 is 0 Å². The maximum Gasteiger partial charge on any atom is 0.270 e. The fraction of sp³-hybridized carbons (Fsp3) is 0.0952. The van der Waals surface area contributed by atoms with Crippen molar-refractivity contribution < 1.29 is 23.1 Å². The number of anilines is 1. The molecule has 0 saturated heterocycles. The van der Waals surface area contributed by atoms with Crippen molar-refractivity contribution in [2.45, 2.75) is 6.54 Å². The second-order valence-electron chi connectivity index (χ2n) is 6.04. The highest BCUT2D eigenvalue weighted by Crippen LogP contribution is 2.15. The molecule has 0 aliphatic heterocycles. The second kappa shape index (κ2) is 8.92. The Morgan fingerprint density at radius 1 is 0.966 bits per heavy atom. The van der Waals surface area contributed by atoms with Crippen LogP contribution in [0.25, 0.3) is 0 Å². The zero-order chi connectivity index (χ0) is 20.8. The third-order valence-electron chi connectivity index (χ3n) is 4.04. The molecule has 1 aromatic heterocycles. The SMILES string of the molecule is COc1ccc(CNC(=O)c2cc(C(=O)Nc3ccc(F)c(F)c3)ccn2)cc1. The second-order valence-corrected chi connectivity index (χ2v) is 6.04. The molecule has 2 amide bonds. The Balaban J connectivity index is 1.64. The predicted molar refractivity (Wildman–Crippen MR) is 103 cm³/mol. The summed E-state index contributed by atoms with van der Waals surface area (Å²) in [5.74, 6) is -2.41. The zero-order valence-electron chi connectivity index (χ0n) is 15.4. The summed E-state index contributed by atoms with van der Waals surface area (Å²) in [6, 6.07) is 12.9. The molecule has 0 fully saturated rings. The van der Waals surface area contributed by atoms with Gasteiger partial charge < -0.3 is 15.4 Å². The number of aromatic nitrogens is 1. The van der Waals surface area contributed by atoms with Gasteiger partial charge in [-0.1, -0.05) is 12.1 Å². The van der Waals surface area contributed by atoms with Gasteiger partial charge in [0, 0.05) is 30.1 Å². The molecule has 0 spiro atoms. The highest BCUT2D eigenvalue weighted by Gasteiger charge is 2.13. The Morgan fingerprint density at radius 2 is 1.72 bits per heavy atom. The first-order valence-corrected chi connectivity index (χ1v) is 8.60. The van der Waals surface area contributed by atoms with Gasteiger partial charge in [-0.2, -0.15) is 0 Å². The zero-order valence-corrected chi connectivity index (χ0v) is 15.4. The lowest BCUT2D eigenvalue weighted by Gasteiger charge is -2.08. The van der Waals surface area contributed by atoms with E-state index in [1.807, 2.05) is 12.1 Å². The smallest absolute Gasteiger partial charge is 0.270 e. The summed E-state index contributed by atoms with van der Waals surface area (Å²) in [5.41, 5.74) is 1.17. The summed E-state index contributed by atoms with van der Waals surface area (Å²) in [4.78, 5) is 28.6. The lowest BCUT2D eigenvalue weighted by molar-refractivity contribution is 0.0946. The molecule has 3 rings (SSSR count). The van der Waals surface area contributed by atoms with Gasteiger partial charge in [0.15, 0.2) is 11.6 Å². The van der Waals surface area contributed by atoms with Crippen molar-refractivity contribution in [3.63, 3.8) is 0 Å². The molecule has 1 heterocycles. The van der Waals surface area contributed by atoms with E-state index in [1.54, 1.807) is 19.2 Å². The summed E-state index contributed by atoms with van der Waals surface area (Å²) in [5, 5.41) is 5.16. The molecule has 3 aromatic rings. The van der Waals surface area contributed by atoms with Crippen molar-refractivity contribution in [3.8, 4) is 5.75 Å². The van der Waals surface area contributed by atoms with Crippen LogP contribution < -0.4 is 15.4 Å². The molecule has 29 heavy (non-hydrogen) atoms. The average Bonchev–Trinajstić information content (AvgIpc) is 2.75. The van der Waals surface area contributed by atoms with Crippen molar-refractivity contribution in [1.29, 1.82) is 0 Å². The van der Waals surface area contributed by atoms with E-state index in [4.69, 9.17) is 4.74 Å². The van der Waals surface area contributed by atoms with E-state index in [2.05, 4.69) is 15.6 Å². The van der Waals surface area contributed by atoms with E-state index in [0.717, 1.165) is 17.7 Å². The van der Waals surface area contributed by atoms with Gasteiger partial charge in [-0.25, -0.2) is 8.78 Å². The van der Waals surface area contributed by atoms with Crippen LogP contribution in [0.5, 0.6) is 5.75 Å². The molecule has 0 saturated carbocycles. The fourth-order valence-corrected chi connectivity index (χ4v) is 2.49. The van der Waals surface area contributed by atoms with Gasteiger partial charge in [0.1, 0.15) is 11.4 Å². The Labute approximate surface area is 165 Å². The molecule has 0 bridgehead atoms. The molecular formula is C21H17F2N3O3. The molecule has 0 aliphatic rings. The number of benzene rings is 2. The maximum atomic E-state index is 13.3. The van der Waals surface area contributed by atoms with Crippen molar-refractivity contribution in [2.75, 3.05) is 12.4 Å². The molecule has 2 N–H and O–H groups in total. The molecule has 0 aliphatic carbocycles. The van der Waals surface area contributed by atoms with Crippen LogP contribution in [-0.2, 0) is 6.54 Å². The van der Waals surface area contributed by atoms with Crippen LogP contribution >= 0.6 is 0 Å². The molecule has 8 heteroatoms. The van der Waals surface area contributed by atoms with Crippen molar-refractivity contribution >= 4 is 17.5 Å². The lowest BCUT2D eigenvalue weighted by atomic mass is 10.2. The molecule has 0 atom stereocenters. The van der Waals surface area contributed by atoms with Gasteiger partial charge in [0.25, 0.3) is 11.8 Å². The molecule has 2 aromatic carbocycles. The Kier molecular flexibility index (Phi) is 6.13. The van der Waals surface area contributed by atoms with Crippen LogP contribution in [0.1, 0.15) is 26.4 Å². The first-order valence-electron chi connectivity index (χ1n) is 8.60. The minimum Gasteiger partial charge on any atom is -0.497 e. The number of ether oxygens (including phenoxy) is 1. The van der Waals surface area contributed by atoms with Gasteiger partial charge in [-0.15, -0.1) is 0 Å². The molecule has 0 unspecified atom stereocenters. The van der Waals surface area contributed by atoms with E-state index in [1.165, 1.54) is 24.4 Å². The van der Waals surface area contributed by atoms with Crippen LogP contribution in [0.3, 0.4) is 0 Å². The first kappa shape index (κ1) is 19.9. The van der Waals surface area contributed by atoms with Crippen LogP contribution in [0.2, 0.25) is 0 Å². The highest BCUT2D eigenvalue weighted by atomic mass is 19.2. The molecule has 6 nitrogen and oxygen atoms in total. The Bertz CT molecular complexity index is 1040. The third-order valence-corrected chi connectivity index (χ3v) is 4.04. The van der Waals surface area contributed by atoms with E-state index in [0.29, 0.717) is 5.75 Å². The van der Waals surface area contributed by atoms with Crippen LogP contribution in [-0.4, -0.2) is 23.9 Å². The first-order chi connectivity index (χ1) is 14.0. The van der Waals surface area contributed by atoms with Gasteiger partial charge in [-0.05, 0) is 42.0 Å². The molecule has 148 valence electrons. The van der Waals surface area contributed by atoms with Crippen LogP contribution in [0, 0.1) is 11.6 Å².